The highest BCUT2D eigenvalue weighted by atomic mass is 16.5. The van der Waals surface area contributed by atoms with Gasteiger partial charge in [-0.15, -0.1) is 0 Å². The maximum Gasteiger partial charge on any atom is 0.407 e. The maximum atomic E-state index is 12.5. The molecule has 0 aliphatic heterocycles. The second-order valence-corrected chi connectivity index (χ2v) is 9.58. The number of hydrogen-bond donors (Lipinski definition) is 3. The molecule has 3 atom stereocenters. The molecule has 2 fully saturated rings. The summed E-state index contributed by atoms with van der Waals surface area (Å²) in [5.74, 6) is -1.51. The lowest BCUT2D eigenvalue weighted by atomic mass is 9.95. The minimum absolute atomic E-state index is 0.00118. The van der Waals surface area contributed by atoms with Gasteiger partial charge in [0.25, 0.3) is 0 Å². The Morgan fingerprint density at radius 3 is 2.21 bits per heavy atom. The van der Waals surface area contributed by atoms with Gasteiger partial charge in [-0.25, -0.2) is 9.59 Å². The summed E-state index contributed by atoms with van der Waals surface area (Å²) in [4.78, 5) is 36.5. The molecule has 1 unspecified atom stereocenters. The monoisotopic (exact) mass is 448 g/mol. The fourth-order valence-corrected chi connectivity index (χ4v) is 5.00. The van der Waals surface area contributed by atoms with Gasteiger partial charge in [0.05, 0.1) is 0 Å². The van der Waals surface area contributed by atoms with Gasteiger partial charge in [-0.2, -0.15) is 0 Å². The Morgan fingerprint density at radius 2 is 1.64 bits per heavy atom. The second kappa shape index (κ2) is 8.21. The van der Waals surface area contributed by atoms with Crippen molar-refractivity contribution in [3.8, 4) is 11.1 Å². The zero-order valence-corrected chi connectivity index (χ0v) is 18.5. The Balaban J connectivity index is 1.11. The molecular formula is C26H28N2O5. The van der Waals surface area contributed by atoms with Gasteiger partial charge in [0, 0.05) is 18.4 Å². The first kappa shape index (κ1) is 21.5. The molecule has 0 spiro atoms. The summed E-state index contributed by atoms with van der Waals surface area (Å²) in [5, 5.41) is 15.0. The van der Waals surface area contributed by atoms with Gasteiger partial charge < -0.3 is 20.5 Å². The van der Waals surface area contributed by atoms with E-state index in [0.29, 0.717) is 13.0 Å². The van der Waals surface area contributed by atoms with Crippen LogP contribution in [0.15, 0.2) is 48.5 Å². The molecule has 33 heavy (non-hydrogen) atoms. The van der Waals surface area contributed by atoms with Crippen molar-refractivity contribution >= 4 is 18.0 Å². The molecule has 3 aliphatic rings. The van der Waals surface area contributed by atoms with Crippen molar-refractivity contribution in [2.45, 2.75) is 37.6 Å². The predicted octanol–water partition coefficient (Wildman–Crippen LogP) is 3.53. The molecule has 7 heteroatoms. The van der Waals surface area contributed by atoms with Crippen molar-refractivity contribution in [3.63, 3.8) is 0 Å². The molecule has 0 bridgehead atoms. The first-order valence-corrected chi connectivity index (χ1v) is 11.5. The Bertz CT molecular complexity index is 1070. The smallest absolute Gasteiger partial charge is 0.407 e. The van der Waals surface area contributed by atoms with Gasteiger partial charge >= 0.3 is 12.1 Å². The van der Waals surface area contributed by atoms with E-state index in [4.69, 9.17) is 4.74 Å². The van der Waals surface area contributed by atoms with Crippen molar-refractivity contribution in [2.24, 2.45) is 17.8 Å². The van der Waals surface area contributed by atoms with Crippen LogP contribution in [0.2, 0.25) is 0 Å². The SMILES string of the molecule is CC(NC(=O)[C@@H]1C[C@@H]1CNC(=O)OCC1c2ccccc2-c2ccccc21)(C(=O)O)C1CC1. The lowest BCUT2D eigenvalue weighted by Crippen LogP contribution is -2.54. The number of nitrogens with one attached hydrogen (secondary N) is 2. The quantitative estimate of drug-likeness (QED) is 0.573. The van der Waals surface area contributed by atoms with Crippen LogP contribution < -0.4 is 10.6 Å². The zero-order chi connectivity index (χ0) is 23.2. The van der Waals surface area contributed by atoms with Crippen LogP contribution in [0, 0.1) is 17.8 Å². The molecule has 5 rings (SSSR count). The van der Waals surface area contributed by atoms with Crippen molar-refractivity contribution < 1.29 is 24.2 Å². The van der Waals surface area contributed by atoms with Crippen LogP contribution in [-0.4, -0.2) is 41.8 Å². The van der Waals surface area contributed by atoms with Gasteiger partial charge in [0.1, 0.15) is 12.1 Å². The predicted molar refractivity (Wildman–Crippen MR) is 122 cm³/mol. The highest BCUT2D eigenvalue weighted by molar-refractivity contribution is 5.89. The van der Waals surface area contributed by atoms with E-state index in [1.807, 2.05) is 24.3 Å². The number of hydrogen-bond acceptors (Lipinski definition) is 4. The van der Waals surface area contributed by atoms with Crippen molar-refractivity contribution in [3.05, 3.63) is 59.7 Å². The third-order valence-corrected chi connectivity index (χ3v) is 7.33. The topological polar surface area (TPSA) is 105 Å². The normalized spacial score (nSPS) is 22.5. The fourth-order valence-electron chi connectivity index (χ4n) is 5.00. The molecule has 0 aromatic heterocycles. The van der Waals surface area contributed by atoms with E-state index < -0.39 is 17.6 Å². The highest BCUT2D eigenvalue weighted by Crippen LogP contribution is 2.45. The van der Waals surface area contributed by atoms with Crippen LogP contribution in [0.5, 0.6) is 0 Å². The van der Waals surface area contributed by atoms with E-state index >= 15 is 0 Å². The summed E-state index contributed by atoms with van der Waals surface area (Å²) >= 11 is 0. The average molecular weight is 449 g/mol. The molecular weight excluding hydrogens is 420 g/mol. The minimum Gasteiger partial charge on any atom is -0.480 e. The highest BCUT2D eigenvalue weighted by Gasteiger charge is 2.52. The number of carbonyl (C=O) groups is 3. The van der Waals surface area contributed by atoms with Crippen LogP contribution in [0.1, 0.15) is 43.2 Å². The number of carbonyl (C=O) groups excluding carboxylic acids is 2. The van der Waals surface area contributed by atoms with Crippen LogP contribution in [0.3, 0.4) is 0 Å². The van der Waals surface area contributed by atoms with Crippen molar-refractivity contribution in [1.29, 1.82) is 0 Å². The van der Waals surface area contributed by atoms with Crippen molar-refractivity contribution in [2.75, 3.05) is 13.2 Å². The van der Waals surface area contributed by atoms with Gasteiger partial charge in [-0.1, -0.05) is 48.5 Å². The first-order valence-electron chi connectivity index (χ1n) is 11.5. The summed E-state index contributed by atoms with van der Waals surface area (Å²) < 4.78 is 5.54. The molecule has 2 saturated carbocycles. The third-order valence-electron chi connectivity index (χ3n) is 7.33. The number of ether oxygens (including phenoxy) is 1. The summed E-state index contributed by atoms with van der Waals surface area (Å²) in [5.41, 5.74) is 3.46. The molecule has 172 valence electrons. The number of benzene rings is 2. The first-order chi connectivity index (χ1) is 15.9. The van der Waals surface area contributed by atoms with Gasteiger partial charge in [-0.3, -0.25) is 4.79 Å². The number of carboxylic acid groups (broad SMARTS) is 1. The Kier molecular flexibility index (Phi) is 5.35. The Labute approximate surface area is 192 Å². The lowest BCUT2D eigenvalue weighted by Gasteiger charge is -2.26. The van der Waals surface area contributed by atoms with Gasteiger partial charge in [0.15, 0.2) is 0 Å². The summed E-state index contributed by atoms with van der Waals surface area (Å²) in [6, 6.07) is 16.3. The van der Waals surface area contributed by atoms with Crippen molar-refractivity contribution in [1.82, 2.24) is 10.6 Å². The number of alkyl carbamates (subject to hydrolysis) is 1. The van der Waals surface area contributed by atoms with E-state index in [9.17, 15) is 19.5 Å². The molecule has 3 N–H and O–H groups in total. The molecule has 0 saturated heterocycles. The van der Waals surface area contributed by atoms with Crippen LogP contribution in [-0.2, 0) is 14.3 Å². The maximum absolute atomic E-state index is 12.5. The Morgan fingerprint density at radius 1 is 1.03 bits per heavy atom. The molecule has 2 amide bonds. The van der Waals surface area contributed by atoms with Crippen LogP contribution in [0.4, 0.5) is 4.79 Å². The molecule has 0 heterocycles. The zero-order valence-electron chi connectivity index (χ0n) is 18.5. The van der Waals surface area contributed by atoms with E-state index in [2.05, 4.69) is 34.9 Å². The molecule has 7 nitrogen and oxygen atoms in total. The molecule has 2 aromatic carbocycles. The Hall–Kier alpha value is -3.35. The van der Waals surface area contributed by atoms with E-state index in [0.717, 1.165) is 24.0 Å². The number of aliphatic carboxylic acids is 1. The average Bonchev–Trinajstić information content (AvgIpc) is 3.73. The minimum atomic E-state index is -1.20. The van der Waals surface area contributed by atoms with Crippen LogP contribution in [0.25, 0.3) is 11.1 Å². The van der Waals surface area contributed by atoms with Crippen LogP contribution >= 0.6 is 0 Å². The van der Waals surface area contributed by atoms with E-state index in [1.165, 1.54) is 11.1 Å². The van der Waals surface area contributed by atoms with Gasteiger partial charge in [0.2, 0.25) is 5.91 Å². The number of rotatable bonds is 8. The van der Waals surface area contributed by atoms with Gasteiger partial charge in [-0.05, 0) is 60.3 Å². The standard InChI is InChI=1S/C26H28N2O5/c1-26(24(30)31,16-10-11-16)28-23(29)21-12-15(21)13-27-25(32)33-14-22-19-8-4-2-6-17(19)18-7-3-5-9-20(18)22/h2-9,15-16,21-22H,10-14H2,1H3,(H,27,32)(H,28,29)(H,30,31)/t15-,21-,26?/m1/s1. The molecule has 2 aromatic rings. The number of fused-ring (bicyclic) bond motifs is 3. The number of carboxylic acids is 1. The summed E-state index contributed by atoms with van der Waals surface area (Å²) in [7, 11) is 0. The summed E-state index contributed by atoms with van der Waals surface area (Å²) in [6.45, 7) is 2.16. The third kappa shape index (κ3) is 4.08. The van der Waals surface area contributed by atoms with E-state index in [-0.39, 0.29) is 36.2 Å². The fraction of sp³-hybridized carbons (Fsp3) is 0.423. The molecule has 3 aliphatic carbocycles. The van der Waals surface area contributed by atoms with E-state index in [1.54, 1.807) is 6.92 Å². The molecule has 0 radical (unpaired) electrons. The second-order valence-electron chi connectivity index (χ2n) is 9.58. The largest absolute Gasteiger partial charge is 0.480 e. The lowest BCUT2D eigenvalue weighted by molar-refractivity contribution is -0.148. The summed E-state index contributed by atoms with van der Waals surface area (Å²) in [6.07, 6.45) is 1.77. The number of amides is 2.